The molecular formula is C17H20FNO. The number of benzene rings is 2. The molecule has 0 fully saturated rings. The van der Waals surface area contributed by atoms with Gasteiger partial charge < -0.3 is 10.0 Å². The maximum absolute atomic E-state index is 13.7. The first-order valence-electron chi connectivity index (χ1n) is 6.69. The SMILES string of the molecule is Cc1cc(C)cc(C(O)CN(C)c2ccccc2F)c1. The van der Waals surface area contributed by atoms with Gasteiger partial charge in [-0.05, 0) is 31.5 Å². The summed E-state index contributed by atoms with van der Waals surface area (Å²) in [6, 6.07) is 12.6. The van der Waals surface area contributed by atoms with Crippen LogP contribution in [0, 0.1) is 19.7 Å². The Hall–Kier alpha value is -1.87. The van der Waals surface area contributed by atoms with E-state index in [9.17, 15) is 9.50 Å². The van der Waals surface area contributed by atoms with Crippen molar-refractivity contribution in [1.82, 2.24) is 0 Å². The number of rotatable bonds is 4. The smallest absolute Gasteiger partial charge is 0.146 e. The lowest BCUT2D eigenvalue weighted by Crippen LogP contribution is -2.25. The third-order valence-corrected chi connectivity index (χ3v) is 3.34. The lowest BCUT2D eigenvalue weighted by atomic mass is 10.0. The second-order valence-electron chi connectivity index (χ2n) is 5.27. The summed E-state index contributed by atoms with van der Waals surface area (Å²) in [5.41, 5.74) is 3.60. The van der Waals surface area contributed by atoms with Gasteiger partial charge in [0.05, 0.1) is 11.8 Å². The monoisotopic (exact) mass is 273 g/mol. The maximum atomic E-state index is 13.7. The van der Waals surface area contributed by atoms with Crippen molar-refractivity contribution >= 4 is 5.69 Å². The lowest BCUT2D eigenvalue weighted by molar-refractivity contribution is 0.184. The van der Waals surface area contributed by atoms with Gasteiger partial charge in [0.15, 0.2) is 0 Å². The average Bonchev–Trinajstić information content (AvgIpc) is 2.37. The van der Waals surface area contributed by atoms with Gasteiger partial charge >= 0.3 is 0 Å². The van der Waals surface area contributed by atoms with Crippen molar-refractivity contribution in [3.05, 3.63) is 65.0 Å². The van der Waals surface area contributed by atoms with Crippen LogP contribution < -0.4 is 4.90 Å². The standard InChI is InChI=1S/C17H20FNO/c1-12-8-13(2)10-14(9-12)17(20)11-19(3)16-7-5-4-6-15(16)18/h4-10,17,20H,11H2,1-3H3. The molecule has 0 spiro atoms. The van der Waals surface area contributed by atoms with Crippen molar-refractivity contribution in [2.75, 3.05) is 18.5 Å². The van der Waals surface area contributed by atoms with Crippen LogP contribution in [-0.2, 0) is 0 Å². The summed E-state index contributed by atoms with van der Waals surface area (Å²) < 4.78 is 13.7. The maximum Gasteiger partial charge on any atom is 0.146 e. The van der Waals surface area contributed by atoms with Gasteiger partial charge in [-0.1, -0.05) is 41.5 Å². The molecule has 1 unspecified atom stereocenters. The molecule has 2 aromatic carbocycles. The van der Waals surface area contributed by atoms with Gasteiger partial charge in [0.2, 0.25) is 0 Å². The van der Waals surface area contributed by atoms with Crippen molar-refractivity contribution in [3.63, 3.8) is 0 Å². The minimum Gasteiger partial charge on any atom is -0.387 e. The quantitative estimate of drug-likeness (QED) is 0.920. The van der Waals surface area contributed by atoms with Gasteiger partial charge in [-0.2, -0.15) is 0 Å². The molecule has 2 nitrogen and oxygen atoms in total. The molecule has 106 valence electrons. The molecule has 1 atom stereocenters. The van der Waals surface area contributed by atoms with Crippen LogP contribution in [0.5, 0.6) is 0 Å². The Morgan fingerprint density at radius 2 is 1.70 bits per heavy atom. The van der Waals surface area contributed by atoms with Crippen LogP contribution in [0.15, 0.2) is 42.5 Å². The Morgan fingerprint density at radius 1 is 1.10 bits per heavy atom. The highest BCUT2D eigenvalue weighted by atomic mass is 19.1. The van der Waals surface area contributed by atoms with E-state index >= 15 is 0 Å². The number of likely N-dealkylation sites (N-methyl/N-ethyl adjacent to an activating group) is 1. The summed E-state index contributed by atoms with van der Waals surface area (Å²) >= 11 is 0. The molecule has 2 rings (SSSR count). The molecule has 0 saturated heterocycles. The van der Waals surface area contributed by atoms with Crippen LogP contribution in [0.2, 0.25) is 0 Å². The first kappa shape index (κ1) is 14.5. The van der Waals surface area contributed by atoms with E-state index in [0.717, 1.165) is 16.7 Å². The number of aryl methyl sites for hydroxylation is 2. The van der Waals surface area contributed by atoms with Crippen LogP contribution in [0.3, 0.4) is 0 Å². The normalized spacial score (nSPS) is 12.2. The molecule has 0 aromatic heterocycles. The molecule has 0 radical (unpaired) electrons. The molecule has 0 amide bonds. The summed E-state index contributed by atoms with van der Waals surface area (Å²) in [6.07, 6.45) is -0.641. The second kappa shape index (κ2) is 6.06. The fourth-order valence-electron chi connectivity index (χ4n) is 2.43. The highest BCUT2D eigenvalue weighted by molar-refractivity contribution is 5.47. The Morgan fingerprint density at radius 3 is 2.30 bits per heavy atom. The van der Waals surface area contributed by atoms with E-state index in [1.165, 1.54) is 6.07 Å². The zero-order valence-electron chi connectivity index (χ0n) is 12.1. The molecule has 2 aromatic rings. The van der Waals surface area contributed by atoms with Crippen LogP contribution >= 0.6 is 0 Å². The molecule has 0 aliphatic rings. The minimum absolute atomic E-state index is 0.275. The first-order valence-corrected chi connectivity index (χ1v) is 6.69. The first-order chi connectivity index (χ1) is 9.47. The number of halogens is 1. The van der Waals surface area contributed by atoms with E-state index in [0.29, 0.717) is 12.2 Å². The molecule has 20 heavy (non-hydrogen) atoms. The van der Waals surface area contributed by atoms with Crippen molar-refractivity contribution in [2.45, 2.75) is 20.0 Å². The predicted molar refractivity (Wildman–Crippen MR) is 80.5 cm³/mol. The highest BCUT2D eigenvalue weighted by Crippen LogP contribution is 2.22. The zero-order valence-corrected chi connectivity index (χ0v) is 12.1. The number of anilines is 1. The summed E-state index contributed by atoms with van der Waals surface area (Å²) in [5, 5.41) is 10.3. The third kappa shape index (κ3) is 3.36. The number of para-hydroxylation sites is 1. The highest BCUT2D eigenvalue weighted by Gasteiger charge is 2.14. The summed E-state index contributed by atoms with van der Waals surface area (Å²) in [4.78, 5) is 1.73. The van der Waals surface area contributed by atoms with Gasteiger partial charge in [0.1, 0.15) is 5.82 Å². The zero-order chi connectivity index (χ0) is 14.7. The topological polar surface area (TPSA) is 23.5 Å². The largest absolute Gasteiger partial charge is 0.387 e. The number of hydrogen-bond acceptors (Lipinski definition) is 2. The fourth-order valence-corrected chi connectivity index (χ4v) is 2.43. The van der Waals surface area contributed by atoms with Crippen molar-refractivity contribution in [3.8, 4) is 0 Å². The Labute approximate surface area is 119 Å². The molecular weight excluding hydrogens is 253 g/mol. The number of aliphatic hydroxyl groups is 1. The number of aliphatic hydroxyl groups excluding tert-OH is 1. The van der Waals surface area contributed by atoms with Gasteiger partial charge in [-0.25, -0.2) is 4.39 Å². The van der Waals surface area contributed by atoms with Crippen molar-refractivity contribution in [2.24, 2.45) is 0 Å². The molecule has 3 heteroatoms. The summed E-state index contributed by atoms with van der Waals surface area (Å²) in [5.74, 6) is -0.275. The Bertz CT molecular complexity index is 577. The van der Waals surface area contributed by atoms with Gasteiger partial charge in [0, 0.05) is 13.6 Å². The van der Waals surface area contributed by atoms with Crippen LogP contribution in [0.4, 0.5) is 10.1 Å². The number of hydrogen-bond donors (Lipinski definition) is 1. The van der Waals surface area contributed by atoms with E-state index in [4.69, 9.17) is 0 Å². The number of nitrogens with zero attached hydrogens (tertiary/aromatic N) is 1. The molecule has 0 bridgehead atoms. The van der Waals surface area contributed by atoms with E-state index in [1.807, 2.05) is 26.0 Å². The van der Waals surface area contributed by atoms with E-state index in [-0.39, 0.29) is 5.82 Å². The molecule has 1 N–H and O–H groups in total. The predicted octanol–water partition coefficient (Wildman–Crippen LogP) is 3.61. The van der Waals surface area contributed by atoms with Crippen molar-refractivity contribution in [1.29, 1.82) is 0 Å². The van der Waals surface area contributed by atoms with Crippen molar-refractivity contribution < 1.29 is 9.50 Å². The molecule has 0 aliphatic heterocycles. The van der Waals surface area contributed by atoms with Gasteiger partial charge in [-0.15, -0.1) is 0 Å². The lowest BCUT2D eigenvalue weighted by Gasteiger charge is -2.23. The van der Waals surface area contributed by atoms with Gasteiger partial charge in [-0.3, -0.25) is 0 Å². The summed E-state index contributed by atoms with van der Waals surface area (Å²) in [6.45, 7) is 4.36. The fraction of sp³-hybridized carbons (Fsp3) is 0.294. The minimum atomic E-state index is -0.641. The Balaban J connectivity index is 2.15. The molecule has 0 saturated carbocycles. The summed E-state index contributed by atoms with van der Waals surface area (Å²) in [7, 11) is 1.78. The van der Waals surface area contributed by atoms with E-state index in [2.05, 4.69) is 6.07 Å². The Kier molecular flexibility index (Phi) is 4.40. The second-order valence-corrected chi connectivity index (χ2v) is 5.27. The average molecular weight is 273 g/mol. The van der Waals surface area contributed by atoms with Crippen LogP contribution in [0.1, 0.15) is 22.8 Å². The van der Waals surface area contributed by atoms with Gasteiger partial charge in [0.25, 0.3) is 0 Å². The van der Waals surface area contributed by atoms with E-state index in [1.54, 1.807) is 30.1 Å². The van der Waals surface area contributed by atoms with E-state index < -0.39 is 6.10 Å². The molecule has 0 aliphatic carbocycles. The third-order valence-electron chi connectivity index (χ3n) is 3.34. The van der Waals surface area contributed by atoms with Crippen LogP contribution in [-0.4, -0.2) is 18.7 Å². The molecule has 0 heterocycles. The van der Waals surface area contributed by atoms with Crippen LogP contribution in [0.25, 0.3) is 0 Å².